The van der Waals surface area contributed by atoms with E-state index in [0.717, 1.165) is 20.3 Å². The summed E-state index contributed by atoms with van der Waals surface area (Å²) in [5.74, 6) is 0. The fourth-order valence-electron chi connectivity index (χ4n) is 1.22. The van der Waals surface area contributed by atoms with E-state index in [1.807, 2.05) is 30.3 Å². The van der Waals surface area contributed by atoms with Gasteiger partial charge in [0, 0.05) is 10.2 Å². The number of hydrogen-bond donors (Lipinski definition) is 1. The lowest BCUT2D eigenvalue weighted by atomic mass is 10.3. The monoisotopic (exact) mass is 353 g/mol. The molecule has 2 N–H and O–H groups in total. The highest BCUT2D eigenvalue weighted by Crippen LogP contribution is 2.33. The molecule has 0 saturated heterocycles. The zero-order valence-electron chi connectivity index (χ0n) is 8.77. The van der Waals surface area contributed by atoms with Crippen molar-refractivity contribution in [3.05, 3.63) is 51.4 Å². The second kappa shape index (κ2) is 5.42. The lowest BCUT2D eigenvalue weighted by Gasteiger charge is -1.99. The van der Waals surface area contributed by atoms with E-state index in [2.05, 4.69) is 42.1 Å². The molecule has 0 atom stereocenters. The average molecular weight is 355 g/mol. The summed E-state index contributed by atoms with van der Waals surface area (Å²) in [4.78, 5) is 0. The van der Waals surface area contributed by atoms with Gasteiger partial charge in [-0.2, -0.15) is 5.11 Å². The fraction of sp³-hybridized carbons (Fsp3) is 0. The van der Waals surface area contributed by atoms with Gasteiger partial charge in [0.2, 0.25) is 0 Å². The zero-order valence-corrected chi connectivity index (χ0v) is 11.9. The van der Waals surface area contributed by atoms with Crippen LogP contribution in [0.25, 0.3) is 0 Å². The Hall–Kier alpha value is -1.20. The predicted octanol–water partition coefficient (Wildman–Crippen LogP) is 5.21. The molecule has 5 heteroatoms. The largest absolute Gasteiger partial charge is 0.399 e. The number of rotatable bonds is 2. The fourth-order valence-corrected chi connectivity index (χ4v) is 1.92. The molecule has 86 valence electrons. The Labute approximate surface area is 116 Å². The lowest BCUT2D eigenvalue weighted by molar-refractivity contribution is 1.22. The first-order chi connectivity index (χ1) is 8.16. The summed E-state index contributed by atoms with van der Waals surface area (Å²) in [6, 6.07) is 13.0. The molecule has 3 nitrogen and oxygen atoms in total. The first-order valence-electron chi connectivity index (χ1n) is 4.88. The maximum absolute atomic E-state index is 5.59. The Morgan fingerprint density at radius 3 is 2.29 bits per heavy atom. The standard InChI is InChI=1S/C12H9Br2N3/c13-10-2-1-3-11(12(10)14)17-16-9-6-4-8(15)5-7-9/h1-7H,15H2. The minimum absolute atomic E-state index is 0.715. The third kappa shape index (κ3) is 3.14. The molecule has 17 heavy (non-hydrogen) atoms. The maximum atomic E-state index is 5.59. The Bertz CT molecular complexity index is 550. The molecule has 0 unspecified atom stereocenters. The molecule has 2 rings (SSSR count). The number of anilines is 1. The summed E-state index contributed by atoms with van der Waals surface area (Å²) >= 11 is 6.86. The van der Waals surface area contributed by atoms with Crippen LogP contribution in [0.1, 0.15) is 0 Å². The van der Waals surface area contributed by atoms with Crippen molar-refractivity contribution in [1.82, 2.24) is 0 Å². The van der Waals surface area contributed by atoms with Crippen molar-refractivity contribution in [3.8, 4) is 0 Å². The molecule has 0 fully saturated rings. The highest BCUT2D eigenvalue weighted by Gasteiger charge is 2.01. The van der Waals surface area contributed by atoms with E-state index in [1.165, 1.54) is 0 Å². The van der Waals surface area contributed by atoms with Crippen molar-refractivity contribution in [1.29, 1.82) is 0 Å². The summed E-state index contributed by atoms with van der Waals surface area (Å²) in [5, 5.41) is 8.31. The summed E-state index contributed by atoms with van der Waals surface area (Å²) < 4.78 is 1.84. The quantitative estimate of drug-likeness (QED) is 0.584. The minimum atomic E-state index is 0.715. The van der Waals surface area contributed by atoms with Crippen LogP contribution in [0.4, 0.5) is 17.1 Å². The number of nitrogens with zero attached hydrogens (tertiary/aromatic N) is 2. The second-order valence-electron chi connectivity index (χ2n) is 3.36. The third-order valence-corrected chi connectivity index (χ3v) is 4.12. The molecular weight excluding hydrogens is 346 g/mol. The van der Waals surface area contributed by atoms with E-state index in [-0.39, 0.29) is 0 Å². The smallest absolute Gasteiger partial charge is 0.101 e. The molecule has 0 saturated carbocycles. The SMILES string of the molecule is Nc1ccc(N=Nc2cccc(Br)c2Br)cc1. The van der Waals surface area contributed by atoms with Gasteiger partial charge in [-0.1, -0.05) is 6.07 Å². The highest BCUT2D eigenvalue weighted by atomic mass is 79.9. The molecule has 0 aliphatic carbocycles. The van der Waals surface area contributed by atoms with Gasteiger partial charge >= 0.3 is 0 Å². The summed E-state index contributed by atoms with van der Waals surface area (Å²) in [6.07, 6.45) is 0. The van der Waals surface area contributed by atoms with Crippen LogP contribution in [-0.2, 0) is 0 Å². The van der Waals surface area contributed by atoms with E-state index in [9.17, 15) is 0 Å². The molecule has 0 radical (unpaired) electrons. The topological polar surface area (TPSA) is 50.7 Å². The van der Waals surface area contributed by atoms with Crippen LogP contribution in [0.2, 0.25) is 0 Å². The Kier molecular flexibility index (Phi) is 3.91. The highest BCUT2D eigenvalue weighted by molar-refractivity contribution is 9.13. The van der Waals surface area contributed by atoms with Crippen LogP contribution < -0.4 is 5.73 Å². The van der Waals surface area contributed by atoms with Gasteiger partial charge in [-0.3, -0.25) is 0 Å². The molecule has 0 bridgehead atoms. The predicted molar refractivity (Wildman–Crippen MR) is 76.9 cm³/mol. The van der Waals surface area contributed by atoms with Crippen LogP contribution in [0.5, 0.6) is 0 Å². The summed E-state index contributed by atoms with van der Waals surface area (Å²) in [7, 11) is 0. The number of halogens is 2. The molecule has 0 aliphatic rings. The van der Waals surface area contributed by atoms with Crippen LogP contribution >= 0.6 is 31.9 Å². The minimum Gasteiger partial charge on any atom is -0.399 e. The molecule has 0 spiro atoms. The normalized spacial score (nSPS) is 10.9. The van der Waals surface area contributed by atoms with Crippen LogP contribution in [-0.4, -0.2) is 0 Å². The van der Waals surface area contributed by atoms with Gasteiger partial charge < -0.3 is 5.73 Å². The molecule has 2 aromatic carbocycles. The number of benzene rings is 2. The number of hydrogen-bond acceptors (Lipinski definition) is 3. The van der Waals surface area contributed by atoms with Gasteiger partial charge in [-0.05, 0) is 68.3 Å². The van der Waals surface area contributed by atoms with E-state index < -0.39 is 0 Å². The van der Waals surface area contributed by atoms with Crippen molar-refractivity contribution in [2.24, 2.45) is 10.2 Å². The van der Waals surface area contributed by atoms with Gasteiger partial charge in [0.25, 0.3) is 0 Å². The van der Waals surface area contributed by atoms with Crippen molar-refractivity contribution >= 4 is 48.9 Å². The van der Waals surface area contributed by atoms with E-state index >= 15 is 0 Å². The second-order valence-corrected chi connectivity index (χ2v) is 5.01. The van der Waals surface area contributed by atoms with Gasteiger partial charge in [-0.25, -0.2) is 0 Å². The van der Waals surface area contributed by atoms with Gasteiger partial charge in [0.15, 0.2) is 0 Å². The number of nitrogen functional groups attached to an aromatic ring is 1. The Balaban J connectivity index is 2.26. The third-order valence-electron chi connectivity index (χ3n) is 2.10. The molecular formula is C12H9Br2N3. The maximum Gasteiger partial charge on any atom is 0.101 e. The first-order valence-corrected chi connectivity index (χ1v) is 6.47. The van der Waals surface area contributed by atoms with Gasteiger partial charge in [0.1, 0.15) is 5.69 Å². The van der Waals surface area contributed by atoms with Crippen molar-refractivity contribution in [3.63, 3.8) is 0 Å². The number of nitrogens with two attached hydrogens (primary N) is 1. The van der Waals surface area contributed by atoms with Crippen molar-refractivity contribution < 1.29 is 0 Å². The van der Waals surface area contributed by atoms with Gasteiger partial charge in [-0.15, -0.1) is 5.11 Å². The molecule has 0 aromatic heterocycles. The Morgan fingerprint density at radius 2 is 1.59 bits per heavy atom. The molecule has 2 aromatic rings. The van der Waals surface area contributed by atoms with Gasteiger partial charge in [0.05, 0.1) is 10.2 Å². The van der Waals surface area contributed by atoms with Crippen LogP contribution in [0.15, 0.2) is 61.6 Å². The molecule has 0 aliphatic heterocycles. The molecule has 0 amide bonds. The summed E-state index contributed by atoms with van der Waals surface area (Å²) in [6.45, 7) is 0. The van der Waals surface area contributed by atoms with Crippen LogP contribution in [0.3, 0.4) is 0 Å². The van der Waals surface area contributed by atoms with E-state index in [0.29, 0.717) is 5.69 Å². The van der Waals surface area contributed by atoms with E-state index in [1.54, 1.807) is 12.1 Å². The number of azo groups is 1. The Morgan fingerprint density at radius 1 is 0.882 bits per heavy atom. The van der Waals surface area contributed by atoms with Crippen LogP contribution in [0, 0.1) is 0 Å². The van der Waals surface area contributed by atoms with Crippen molar-refractivity contribution in [2.75, 3.05) is 5.73 Å². The lowest BCUT2D eigenvalue weighted by Crippen LogP contribution is -1.80. The zero-order chi connectivity index (χ0) is 12.3. The first kappa shape index (κ1) is 12.3. The average Bonchev–Trinajstić information content (AvgIpc) is 2.33. The summed E-state index contributed by atoms with van der Waals surface area (Å²) in [5.41, 5.74) is 7.85. The molecule has 0 heterocycles. The van der Waals surface area contributed by atoms with E-state index in [4.69, 9.17) is 5.73 Å². The van der Waals surface area contributed by atoms with Crippen molar-refractivity contribution in [2.45, 2.75) is 0 Å².